The second-order valence-electron chi connectivity index (χ2n) is 2.86. The van der Waals surface area contributed by atoms with Gasteiger partial charge in [0.1, 0.15) is 5.82 Å². The van der Waals surface area contributed by atoms with Gasteiger partial charge in [0.25, 0.3) is 0 Å². The number of hydrogen-bond donors (Lipinski definition) is 1. The number of hydrogen-bond acceptors (Lipinski definition) is 1. The number of terminal acetylenes is 1. The lowest BCUT2D eigenvalue weighted by molar-refractivity contribution is 0.598. The fraction of sp³-hybridized carbons (Fsp3) is 0.273. The van der Waals surface area contributed by atoms with Gasteiger partial charge in [-0.3, -0.25) is 5.32 Å². The maximum absolute atomic E-state index is 12.8. The van der Waals surface area contributed by atoms with E-state index in [2.05, 4.69) is 11.2 Å². The highest BCUT2D eigenvalue weighted by atomic mass is 19.1. The van der Waals surface area contributed by atoms with E-state index in [0.29, 0.717) is 6.54 Å². The Morgan fingerprint density at radius 1 is 1.62 bits per heavy atom. The summed E-state index contributed by atoms with van der Waals surface area (Å²) in [7, 11) is 0. The van der Waals surface area contributed by atoms with E-state index in [-0.39, 0.29) is 11.9 Å². The van der Waals surface area contributed by atoms with Crippen molar-refractivity contribution in [3.8, 4) is 12.3 Å². The van der Waals surface area contributed by atoms with E-state index < -0.39 is 0 Å². The zero-order valence-electron chi connectivity index (χ0n) is 7.55. The summed E-state index contributed by atoms with van der Waals surface area (Å²) in [5, 5.41) is 3.07. The van der Waals surface area contributed by atoms with Crippen molar-refractivity contribution in [1.82, 2.24) is 5.32 Å². The van der Waals surface area contributed by atoms with Gasteiger partial charge >= 0.3 is 0 Å². The Balaban J connectivity index is 2.66. The summed E-state index contributed by atoms with van der Waals surface area (Å²) in [6, 6.07) is 6.59. The second kappa shape index (κ2) is 4.64. The minimum atomic E-state index is -0.216. The van der Waals surface area contributed by atoms with Crippen LogP contribution in [0.3, 0.4) is 0 Å². The second-order valence-corrected chi connectivity index (χ2v) is 2.86. The first kappa shape index (κ1) is 9.76. The summed E-state index contributed by atoms with van der Waals surface area (Å²) in [5.41, 5.74) is 0.912. The molecule has 0 bridgehead atoms. The summed E-state index contributed by atoms with van der Waals surface area (Å²) in [4.78, 5) is 0. The Hall–Kier alpha value is -1.33. The lowest BCUT2D eigenvalue weighted by Gasteiger charge is -2.11. The van der Waals surface area contributed by atoms with E-state index >= 15 is 0 Å². The topological polar surface area (TPSA) is 12.0 Å². The van der Waals surface area contributed by atoms with Crippen LogP contribution < -0.4 is 5.32 Å². The van der Waals surface area contributed by atoms with E-state index in [0.717, 1.165) is 5.56 Å². The van der Waals surface area contributed by atoms with Crippen LogP contribution >= 0.6 is 0 Å². The molecule has 1 N–H and O–H groups in total. The van der Waals surface area contributed by atoms with Crippen molar-refractivity contribution < 1.29 is 4.39 Å². The molecule has 1 rings (SSSR count). The highest BCUT2D eigenvalue weighted by Gasteiger charge is 2.03. The van der Waals surface area contributed by atoms with Crippen molar-refractivity contribution in [1.29, 1.82) is 0 Å². The quantitative estimate of drug-likeness (QED) is 0.697. The minimum Gasteiger partial charge on any atom is -0.300 e. The fourth-order valence-corrected chi connectivity index (χ4v) is 1.11. The average Bonchev–Trinajstić information content (AvgIpc) is 2.14. The van der Waals surface area contributed by atoms with Gasteiger partial charge in [0.2, 0.25) is 0 Å². The summed E-state index contributed by atoms with van der Waals surface area (Å²) in [6.07, 6.45) is 5.10. The van der Waals surface area contributed by atoms with Crippen molar-refractivity contribution >= 4 is 0 Å². The first-order valence-corrected chi connectivity index (χ1v) is 4.16. The van der Waals surface area contributed by atoms with Crippen LogP contribution in [0.25, 0.3) is 0 Å². The van der Waals surface area contributed by atoms with Crippen LogP contribution in [-0.4, -0.2) is 6.54 Å². The third-order valence-corrected chi connectivity index (χ3v) is 1.86. The van der Waals surface area contributed by atoms with Gasteiger partial charge in [0, 0.05) is 6.04 Å². The van der Waals surface area contributed by atoms with Gasteiger partial charge in [-0.15, -0.1) is 6.42 Å². The molecule has 1 atom stereocenters. The van der Waals surface area contributed by atoms with Crippen LogP contribution in [0.5, 0.6) is 0 Å². The van der Waals surface area contributed by atoms with Crippen LogP contribution in [0, 0.1) is 18.2 Å². The van der Waals surface area contributed by atoms with Gasteiger partial charge in [-0.2, -0.15) is 0 Å². The molecule has 0 saturated heterocycles. The molecule has 13 heavy (non-hydrogen) atoms. The Kier molecular flexibility index (Phi) is 3.48. The predicted octanol–water partition coefficient (Wildman–Crippen LogP) is 2.11. The highest BCUT2D eigenvalue weighted by molar-refractivity contribution is 5.19. The summed E-state index contributed by atoms with van der Waals surface area (Å²) in [6.45, 7) is 2.45. The zero-order valence-corrected chi connectivity index (χ0v) is 7.55. The van der Waals surface area contributed by atoms with Crippen molar-refractivity contribution in [3.05, 3.63) is 35.6 Å². The van der Waals surface area contributed by atoms with E-state index in [4.69, 9.17) is 6.42 Å². The van der Waals surface area contributed by atoms with Crippen LogP contribution in [0.15, 0.2) is 24.3 Å². The number of halogens is 1. The van der Waals surface area contributed by atoms with E-state index in [1.807, 2.05) is 13.0 Å². The van der Waals surface area contributed by atoms with Crippen molar-refractivity contribution in [3.63, 3.8) is 0 Å². The highest BCUT2D eigenvalue weighted by Crippen LogP contribution is 2.12. The van der Waals surface area contributed by atoms with Crippen LogP contribution in [-0.2, 0) is 0 Å². The molecule has 1 aromatic carbocycles. The van der Waals surface area contributed by atoms with E-state index in [1.165, 1.54) is 12.1 Å². The monoisotopic (exact) mass is 177 g/mol. The number of nitrogens with one attached hydrogen (secondary N) is 1. The maximum atomic E-state index is 12.8. The molecule has 0 aromatic heterocycles. The Bertz CT molecular complexity index is 314. The van der Waals surface area contributed by atoms with Gasteiger partial charge < -0.3 is 0 Å². The Morgan fingerprint density at radius 2 is 2.38 bits per heavy atom. The largest absolute Gasteiger partial charge is 0.300 e. The molecule has 1 unspecified atom stereocenters. The zero-order chi connectivity index (χ0) is 9.68. The lowest BCUT2D eigenvalue weighted by atomic mass is 10.1. The van der Waals surface area contributed by atoms with E-state index in [9.17, 15) is 4.39 Å². The molecule has 0 amide bonds. The Labute approximate surface area is 78.0 Å². The third kappa shape index (κ3) is 2.89. The van der Waals surface area contributed by atoms with Crippen molar-refractivity contribution in [2.75, 3.05) is 6.54 Å². The molecule has 1 aromatic rings. The molecule has 68 valence electrons. The van der Waals surface area contributed by atoms with Gasteiger partial charge in [0.05, 0.1) is 6.54 Å². The number of rotatable bonds is 3. The summed E-state index contributed by atoms with van der Waals surface area (Å²) in [5.74, 6) is 2.26. The smallest absolute Gasteiger partial charge is 0.123 e. The first-order valence-electron chi connectivity index (χ1n) is 4.16. The third-order valence-electron chi connectivity index (χ3n) is 1.86. The van der Waals surface area contributed by atoms with Crippen LogP contribution in [0.4, 0.5) is 4.39 Å². The molecule has 0 fully saturated rings. The Morgan fingerprint density at radius 3 is 3.00 bits per heavy atom. The van der Waals surface area contributed by atoms with Gasteiger partial charge in [-0.05, 0) is 24.6 Å². The van der Waals surface area contributed by atoms with Gasteiger partial charge in [-0.25, -0.2) is 4.39 Å². The fourth-order valence-electron chi connectivity index (χ4n) is 1.11. The lowest BCUT2D eigenvalue weighted by Crippen LogP contribution is -2.18. The molecule has 1 nitrogen and oxygen atoms in total. The summed E-state index contributed by atoms with van der Waals surface area (Å²) < 4.78 is 12.8. The molecular formula is C11H12FN. The summed E-state index contributed by atoms with van der Waals surface area (Å²) >= 11 is 0. The predicted molar refractivity (Wildman–Crippen MR) is 51.7 cm³/mol. The van der Waals surface area contributed by atoms with Gasteiger partial charge in [0.15, 0.2) is 0 Å². The molecule has 0 aliphatic rings. The van der Waals surface area contributed by atoms with E-state index in [1.54, 1.807) is 6.07 Å². The van der Waals surface area contributed by atoms with Gasteiger partial charge in [-0.1, -0.05) is 18.1 Å². The molecule has 0 radical (unpaired) electrons. The first-order chi connectivity index (χ1) is 6.24. The minimum absolute atomic E-state index is 0.0896. The van der Waals surface area contributed by atoms with Crippen molar-refractivity contribution in [2.45, 2.75) is 13.0 Å². The molecule has 0 aliphatic carbocycles. The molecule has 2 heteroatoms. The standard InChI is InChI=1S/C11H12FN/c1-3-7-13-9(2)10-5-4-6-11(12)8-10/h1,4-6,8-9,13H,7H2,2H3. The normalized spacial score (nSPS) is 12.1. The molecule has 0 spiro atoms. The molecule has 0 saturated carbocycles. The van der Waals surface area contributed by atoms with Crippen LogP contribution in [0.1, 0.15) is 18.5 Å². The molecule has 0 heterocycles. The van der Waals surface area contributed by atoms with Crippen LogP contribution in [0.2, 0.25) is 0 Å². The van der Waals surface area contributed by atoms with Crippen molar-refractivity contribution in [2.24, 2.45) is 0 Å². The number of benzene rings is 1. The molecular weight excluding hydrogens is 165 g/mol. The maximum Gasteiger partial charge on any atom is 0.123 e. The SMILES string of the molecule is C#CCNC(C)c1cccc(F)c1. The molecule has 0 aliphatic heterocycles. The average molecular weight is 177 g/mol.